The van der Waals surface area contributed by atoms with E-state index in [1.54, 1.807) is 13.0 Å². The van der Waals surface area contributed by atoms with Crippen molar-refractivity contribution < 1.29 is 23.1 Å². The van der Waals surface area contributed by atoms with Crippen LogP contribution in [0.5, 0.6) is 0 Å². The minimum Gasteiger partial charge on any atom is -0.362 e. The van der Waals surface area contributed by atoms with E-state index >= 15 is 0 Å². The molecule has 0 aromatic carbocycles. The number of halogens is 3. The molecule has 0 saturated carbocycles. The zero-order valence-corrected chi connectivity index (χ0v) is 10.8. The third kappa shape index (κ3) is 2.40. The largest absolute Gasteiger partial charge is 0.438 e. The first-order chi connectivity index (χ1) is 9.13. The third-order valence-electron chi connectivity index (χ3n) is 2.88. The number of carbonyl (C=O) groups is 1. The maximum absolute atomic E-state index is 12.9. The highest BCUT2D eigenvalue weighted by Gasteiger charge is 2.62. The number of rotatable bonds is 2. The molecule has 0 bridgehead atoms. The van der Waals surface area contributed by atoms with E-state index in [1.165, 1.54) is 17.8 Å². The molecule has 1 aliphatic rings. The molecule has 1 aliphatic heterocycles. The van der Waals surface area contributed by atoms with E-state index in [-0.39, 0.29) is 10.7 Å². The molecule has 6 nitrogen and oxygen atoms in total. The molecule has 2 heterocycles. The molecule has 0 unspecified atom stereocenters. The first-order valence-corrected chi connectivity index (χ1v) is 5.80. The second-order valence-electron chi connectivity index (χ2n) is 4.69. The van der Waals surface area contributed by atoms with Gasteiger partial charge in [0.05, 0.1) is 5.69 Å². The van der Waals surface area contributed by atoms with Crippen molar-refractivity contribution in [1.29, 1.82) is 0 Å². The maximum Gasteiger partial charge on any atom is 0.438 e. The summed E-state index contributed by atoms with van der Waals surface area (Å²) in [5, 5.41) is 17.3. The van der Waals surface area contributed by atoms with Gasteiger partial charge in [-0.1, -0.05) is 0 Å². The first-order valence-electron chi connectivity index (χ1n) is 5.80. The van der Waals surface area contributed by atoms with E-state index in [2.05, 4.69) is 10.2 Å². The summed E-state index contributed by atoms with van der Waals surface area (Å²) in [6.45, 7) is 2.58. The molecule has 0 spiro atoms. The summed E-state index contributed by atoms with van der Waals surface area (Å²) in [7, 11) is 0. The summed E-state index contributed by atoms with van der Waals surface area (Å²) in [6.07, 6.45) is -4.27. The number of hydrazone groups is 1. The fourth-order valence-electron chi connectivity index (χ4n) is 1.96. The number of hydrogen-bond donors (Lipinski definition) is 1. The van der Waals surface area contributed by atoms with Crippen LogP contribution in [0.3, 0.4) is 0 Å². The minimum absolute atomic E-state index is 0.0369. The Bertz CT molecular complexity index is 566. The SMILES string of the molecule is CC1=NN(C(=O)Cn2ccc(C)n2)[C@@](O)(C(F)(F)F)C1. The molecule has 20 heavy (non-hydrogen) atoms. The molecule has 1 amide bonds. The maximum atomic E-state index is 12.9. The van der Waals surface area contributed by atoms with Gasteiger partial charge in [0.2, 0.25) is 0 Å². The van der Waals surface area contributed by atoms with Crippen molar-refractivity contribution in [3.05, 3.63) is 18.0 Å². The molecular weight excluding hydrogens is 277 g/mol. The van der Waals surface area contributed by atoms with Crippen LogP contribution in [0.25, 0.3) is 0 Å². The fourth-order valence-corrected chi connectivity index (χ4v) is 1.96. The Balaban J connectivity index is 2.23. The van der Waals surface area contributed by atoms with Gasteiger partial charge in [0, 0.05) is 18.3 Å². The molecule has 0 radical (unpaired) electrons. The lowest BCUT2D eigenvalue weighted by molar-refractivity contribution is -0.302. The highest BCUT2D eigenvalue weighted by molar-refractivity contribution is 5.89. The number of carbonyl (C=O) groups excluding carboxylic acids is 1. The topological polar surface area (TPSA) is 70.7 Å². The predicted molar refractivity (Wildman–Crippen MR) is 62.5 cm³/mol. The van der Waals surface area contributed by atoms with E-state index in [0.29, 0.717) is 5.69 Å². The molecule has 110 valence electrons. The minimum atomic E-state index is -4.98. The number of aryl methyl sites for hydroxylation is 1. The van der Waals surface area contributed by atoms with Crippen LogP contribution in [-0.4, -0.2) is 43.4 Å². The van der Waals surface area contributed by atoms with Crippen molar-refractivity contribution in [2.75, 3.05) is 0 Å². The Morgan fingerprint density at radius 1 is 1.50 bits per heavy atom. The van der Waals surface area contributed by atoms with Crippen molar-refractivity contribution in [1.82, 2.24) is 14.8 Å². The number of amides is 1. The highest BCUT2D eigenvalue weighted by Crippen LogP contribution is 2.40. The van der Waals surface area contributed by atoms with Crippen LogP contribution in [0.2, 0.25) is 0 Å². The van der Waals surface area contributed by atoms with Crippen LogP contribution in [0.15, 0.2) is 17.4 Å². The van der Waals surface area contributed by atoms with Crippen LogP contribution < -0.4 is 0 Å². The fraction of sp³-hybridized carbons (Fsp3) is 0.545. The molecule has 0 aliphatic carbocycles. The van der Waals surface area contributed by atoms with Crippen molar-refractivity contribution in [3.63, 3.8) is 0 Å². The van der Waals surface area contributed by atoms with Gasteiger partial charge in [-0.05, 0) is 19.9 Å². The molecular formula is C11H13F3N4O2. The summed E-state index contributed by atoms with van der Waals surface area (Å²) in [5.74, 6) is -0.982. The standard InChI is InChI=1S/C11H13F3N4O2/c1-7-3-4-17(15-7)6-9(19)18-10(20,11(12,13)14)5-8(2)16-18/h3-4,20H,5-6H2,1-2H3/t10-/m0/s1. The lowest BCUT2D eigenvalue weighted by Gasteiger charge is -2.32. The summed E-state index contributed by atoms with van der Waals surface area (Å²) in [6, 6.07) is 1.61. The monoisotopic (exact) mass is 290 g/mol. The van der Waals surface area contributed by atoms with Gasteiger partial charge in [-0.25, -0.2) is 0 Å². The summed E-state index contributed by atoms with van der Waals surface area (Å²) < 4.78 is 40.0. The number of aliphatic hydroxyl groups is 1. The van der Waals surface area contributed by atoms with Gasteiger partial charge in [0.1, 0.15) is 6.54 Å². The lowest BCUT2D eigenvalue weighted by atomic mass is 10.1. The Hall–Kier alpha value is -1.90. The number of aromatic nitrogens is 2. The molecule has 1 aromatic heterocycles. The van der Waals surface area contributed by atoms with Gasteiger partial charge in [-0.3, -0.25) is 9.48 Å². The summed E-state index contributed by atoms with van der Waals surface area (Å²) in [4.78, 5) is 11.9. The lowest BCUT2D eigenvalue weighted by Crippen LogP contribution is -2.57. The Morgan fingerprint density at radius 3 is 2.65 bits per heavy atom. The van der Waals surface area contributed by atoms with E-state index in [9.17, 15) is 23.1 Å². The first kappa shape index (κ1) is 14.5. The van der Waals surface area contributed by atoms with Crippen molar-refractivity contribution in [2.24, 2.45) is 5.10 Å². The summed E-state index contributed by atoms with van der Waals surface area (Å²) >= 11 is 0. The summed E-state index contributed by atoms with van der Waals surface area (Å²) in [5.41, 5.74) is -2.61. The van der Waals surface area contributed by atoms with Gasteiger partial charge >= 0.3 is 6.18 Å². The number of hydrogen-bond acceptors (Lipinski definition) is 4. The zero-order valence-electron chi connectivity index (χ0n) is 10.8. The second kappa shape index (κ2) is 4.58. The third-order valence-corrected chi connectivity index (χ3v) is 2.88. The molecule has 1 aromatic rings. The molecule has 0 fully saturated rings. The average Bonchev–Trinajstić information content (AvgIpc) is 2.82. The van der Waals surface area contributed by atoms with Crippen molar-refractivity contribution in [2.45, 2.75) is 38.7 Å². The van der Waals surface area contributed by atoms with Crippen molar-refractivity contribution in [3.8, 4) is 0 Å². The molecule has 0 saturated heterocycles. The average molecular weight is 290 g/mol. The second-order valence-corrected chi connectivity index (χ2v) is 4.69. The van der Waals surface area contributed by atoms with Crippen LogP contribution in [0, 0.1) is 6.92 Å². The van der Waals surface area contributed by atoms with Crippen LogP contribution in [0.1, 0.15) is 19.0 Å². The van der Waals surface area contributed by atoms with Crippen LogP contribution in [-0.2, 0) is 11.3 Å². The van der Waals surface area contributed by atoms with Gasteiger partial charge < -0.3 is 5.11 Å². The molecule has 9 heteroatoms. The molecule has 2 rings (SSSR count). The van der Waals surface area contributed by atoms with E-state index in [0.717, 1.165) is 0 Å². The zero-order chi connectivity index (χ0) is 15.1. The van der Waals surface area contributed by atoms with Gasteiger partial charge in [-0.2, -0.15) is 28.4 Å². The van der Waals surface area contributed by atoms with Gasteiger partial charge in [0.15, 0.2) is 0 Å². The Morgan fingerprint density at radius 2 is 2.15 bits per heavy atom. The van der Waals surface area contributed by atoms with Crippen LogP contribution >= 0.6 is 0 Å². The van der Waals surface area contributed by atoms with E-state index in [1.807, 2.05) is 0 Å². The van der Waals surface area contributed by atoms with Gasteiger partial charge in [-0.15, -0.1) is 0 Å². The smallest absolute Gasteiger partial charge is 0.362 e. The Kier molecular flexibility index (Phi) is 3.32. The van der Waals surface area contributed by atoms with Crippen molar-refractivity contribution >= 4 is 11.6 Å². The Labute approximate surface area is 112 Å². The van der Waals surface area contributed by atoms with E-state index < -0.39 is 30.8 Å². The molecule has 1 atom stereocenters. The number of nitrogens with zero attached hydrogens (tertiary/aromatic N) is 4. The number of alkyl halides is 3. The predicted octanol–water partition coefficient (Wildman–Crippen LogP) is 1.05. The molecule has 1 N–H and O–H groups in total. The highest BCUT2D eigenvalue weighted by atomic mass is 19.4. The normalized spacial score (nSPS) is 23.1. The van der Waals surface area contributed by atoms with E-state index in [4.69, 9.17) is 0 Å². The van der Waals surface area contributed by atoms with Gasteiger partial charge in [0.25, 0.3) is 11.6 Å². The quantitative estimate of drug-likeness (QED) is 0.885. The van der Waals surface area contributed by atoms with Crippen LogP contribution in [0.4, 0.5) is 13.2 Å².